The Bertz CT molecular complexity index is 501. The number of rotatable bonds is 2. The molecule has 0 aliphatic carbocycles. The quantitative estimate of drug-likeness (QED) is 0.605. The van der Waals surface area contributed by atoms with Crippen LogP contribution in [-0.2, 0) is 0 Å². The molecular formula is C12H17N3O4. The summed E-state index contributed by atoms with van der Waals surface area (Å²) >= 11 is 0. The lowest BCUT2D eigenvalue weighted by Gasteiger charge is -2.38. The summed E-state index contributed by atoms with van der Waals surface area (Å²) in [5.74, 6) is -0.353. The number of nitrogens with zero attached hydrogens (tertiary/aromatic N) is 3. The number of likely N-dealkylation sites (tertiary alicyclic amines) is 1. The van der Waals surface area contributed by atoms with Crippen LogP contribution >= 0.6 is 0 Å². The predicted octanol–water partition coefficient (Wildman–Crippen LogP) is 2.29. The van der Waals surface area contributed by atoms with Crippen LogP contribution in [0, 0.1) is 17.0 Å². The molecule has 104 valence electrons. The summed E-state index contributed by atoms with van der Waals surface area (Å²) in [5.41, 5.74) is -0.516. The van der Waals surface area contributed by atoms with E-state index in [1.807, 2.05) is 13.8 Å². The summed E-state index contributed by atoms with van der Waals surface area (Å²) in [5, 5.41) is 14.6. The predicted molar refractivity (Wildman–Crippen MR) is 66.8 cm³/mol. The van der Waals surface area contributed by atoms with Crippen LogP contribution in [0.4, 0.5) is 5.69 Å². The van der Waals surface area contributed by atoms with E-state index < -0.39 is 10.8 Å². The lowest BCUT2D eigenvalue weighted by Crippen LogP contribution is -2.47. The Kier molecular flexibility index (Phi) is 3.55. The Morgan fingerprint density at radius 3 is 2.53 bits per heavy atom. The summed E-state index contributed by atoms with van der Waals surface area (Å²) in [6, 6.07) is 0.126. The molecule has 0 unspecified atom stereocenters. The fourth-order valence-electron chi connectivity index (χ4n) is 2.67. The number of aryl methyl sites for hydroxylation is 1. The lowest BCUT2D eigenvalue weighted by molar-refractivity contribution is -0.386. The Hall–Kier alpha value is -1.92. The lowest BCUT2D eigenvalue weighted by atomic mass is 9.97. The van der Waals surface area contributed by atoms with E-state index in [1.165, 1.54) is 6.92 Å². The van der Waals surface area contributed by atoms with Gasteiger partial charge in [-0.15, -0.1) is 0 Å². The van der Waals surface area contributed by atoms with Crippen molar-refractivity contribution in [2.75, 3.05) is 0 Å². The molecule has 7 heteroatoms. The van der Waals surface area contributed by atoms with Crippen LogP contribution in [0.25, 0.3) is 0 Å². The molecule has 2 rings (SSSR count). The maximum atomic E-state index is 12.5. The molecule has 7 nitrogen and oxygen atoms in total. The minimum Gasteiger partial charge on any atom is -0.353 e. The number of amides is 1. The monoisotopic (exact) mass is 267 g/mol. The van der Waals surface area contributed by atoms with Crippen molar-refractivity contribution in [3.05, 3.63) is 21.6 Å². The van der Waals surface area contributed by atoms with Crippen molar-refractivity contribution in [2.24, 2.45) is 0 Å². The maximum Gasteiger partial charge on any atom is 0.344 e. The van der Waals surface area contributed by atoms with Crippen LogP contribution in [0.2, 0.25) is 0 Å². The first-order chi connectivity index (χ1) is 8.93. The number of piperidine rings is 1. The SMILES string of the molecule is Cc1onc(C(=O)N2[C@H](C)CCC[C@@H]2C)c1[N+](=O)[O-]. The van der Waals surface area contributed by atoms with Crippen LogP contribution in [0.15, 0.2) is 4.52 Å². The second-order valence-corrected chi connectivity index (χ2v) is 5.03. The van der Waals surface area contributed by atoms with Crippen molar-refractivity contribution in [1.82, 2.24) is 10.1 Å². The second kappa shape index (κ2) is 4.99. The third kappa shape index (κ3) is 2.32. The van der Waals surface area contributed by atoms with Gasteiger partial charge >= 0.3 is 5.69 Å². The highest BCUT2D eigenvalue weighted by molar-refractivity contribution is 5.96. The van der Waals surface area contributed by atoms with Crippen LogP contribution in [-0.4, -0.2) is 33.0 Å². The first-order valence-corrected chi connectivity index (χ1v) is 6.36. The zero-order valence-corrected chi connectivity index (χ0v) is 11.3. The molecule has 2 atom stereocenters. The maximum absolute atomic E-state index is 12.5. The molecule has 1 saturated heterocycles. The number of aromatic nitrogens is 1. The van der Waals surface area contributed by atoms with Gasteiger partial charge < -0.3 is 9.42 Å². The molecular weight excluding hydrogens is 250 g/mol. The summed E-state index contributed by atoms with van der Waals surface area (Å²) in [6.07, 6.45) is 2.87. The standard InChI is InChI=1S/C12H17N3O4/c1-7-5-4-6-8(2)14(7)12(16)10-11(15(17)18)9(3)19-13-10/h7-8H,4-6H2,1-3H3/t7-,8+. The van der Waals surface area contributed by atoms with Crippen LogP contribution < -0.4 is 0 Å². The van der Waals surface area contributed by atoms with Crippen molar-refractivity contribution >= 4 is 11.6 Å². The van der Waals surface area contributed by atoms with Crippen molar-refractivity contribution in [2.45, 2.75) is 52.1 Å². The molecule has 0 saturated carbocycles. The Morgan fingerprint density at radius 1 is 1.42 bits per heavy atom. The van der Waals surface area contributed by atoms with E-state index >= 15 is 0 Å². The average Bonchev–Trinajstić information content (AvgIpc) is 2.70. The van der Waals surface area contributed by atoms with E-state index in [4.69, 9.17) is 4.52 Å². The largest absolute Gasteiger partial charge is 0.353 e. The van der Waals surface area contributed by atoms with E-state index in [1.54, 1.807) is 4.90 Å². The molecule has 0 N–H and O–H groups in total. The molecule has 1 amide bonds. The van der Waals surface area contributed by atoms with Crippen LogP contribution in [0.1, 0.15) is 49.4 Å². The highest BCUT2D eigenvalue weighted by Gasteiger charge is 2.37. The van der Waals surface area contributed by atoms with Crippen molar-refractivity contribution < 1.29 is 14.2 Å². The zero-order chi connectivity index (χ0) is 14.2. The number of carbonyl (C=O) groups excluding carboxylic acids is 1. The fraction of sp³-hybridized carbons (Fsp3) is 0.667. The highest BCUT2D eigenvalue weighted by Crippen LogP contribution is 2.29. The van der Waals surface area contributed by atoms with Gasteiger partial charge in [0.1, 0.15) is 0 Å². The summed E-state index contributed by atoms with van der Waals surface area (Å²) < 4.78 is 4.80. The van der Waals surface area contributed by atoms with Crippen LogP contribution in [0.5, 0.6) is 0 Å². The highest BCUT2D eigenvalue weighted by atomic mass is 16.6. The summed E-state index contributed by atoms with van der Waals surface area (Å²) in [7, 11) is 0. The van der Waals surface area contributed by atoms with Gasteiger partial charge in [0, 0.05) is 19.0 Å². The van der Waals surface area contributed by atoms with E-state index in [0.717, 1.165) is 19.3 Å². The molecule has 0 radical (unpaired) electrons. The minimum absolute atomic E-state index is 0.0608. The molecule has 1 aliphatic heterocycles. The Labute approximate surface area is 110 Å². The molecule has 1 aromatic heterocycles. The Balaban J connectivity index is 2.36. The molecule has 1 aromatic rings. The molecule has 1 aliphatic rings. The van der Waals surface area contributed by atoms with E-state index in [0.29, 0.717) is 0 Å². The normalized spacial score (nSPS) is 23.4. The summed E-state index contributed by atoms with van der Waals surface area (Å²) in [6.45, 7) is 5.34. The first-order valence-electron chi connectivity index (χ1n) is 6.36. The molecule has 0 bridgehead atoms. The average molecular weight is 267 g/mol. The van der Waals surface area contributed by atoms with E-state index in [2.05, 4.69) is 5.16 Å². The van der Waals surface area contributed by atoms with Crippen molar-refractivity contribution in [3.8, 4) is 0 Å². The molecule has 2 heterocycles. The Morgan fingerprint density at radius 2 is 2.00 bits per heavy atom. The molecule has 0 spiro atoms. The van der Waals surface area contributed by atoms with Gasteiger partial charge in [0.25, 0.3) is 5.91 Å². The van der Waals surface area contributed by atoms with Gasteiger partial charge in [-0.3, -0.25) is 14.9 Å². The topological polar surface area (TPSA) is 89.5 Å². The van der Waals surface area contributed by atoms with Crippen LogP contribution in [0.3, 0.4) is 0 Å². The van der Waals surface area contributed by atoms with Gasteiger partial charge in [-0.25, -0.2) is 0 Å². The molecule has 0 aromatic carbocycles. The zero-order valence-electron chi connectivity index (χ0n) is 11.3. The number of nitro groups is 1. The van der Waals surface area contributed by atoms with Gasteiger partial charge in [-0.1, -0.05) is 5.16 Å². The number of hydrogen-bond acceptors (Lipinski definition) is 5. The van der Waals surface area contributed by atoms with Crippen molar-refractivity contribution in [1.29, 1.82) is 0 Å². The van der Waals surface area contributed by atoms with Gasteiger partial charge in [0.15, 0.2) is 0 Å². The summed E-state index contributed by atoms with van der Waals surface area (Å²) in [4.78, 5) is 24.5. The number of hydrogen-bond donors (Lipinski definition) is 0. The van der Waals surface area contributed by atoms with Gasteiger partial charge in [-0.05, 0) is 33.1 Å². The fourth-order valence-corrected chi connectivity index (χ4v) is 2.67. The van der Waals surface area contributed by atoms with Gasteiger partial charge in [-0.2, -0.15) is 0 Å². The van der Waals surface area contributed by atoms with Gasteiger partial charge in [0.05, 0.1) is 4.92 Å². The second-order valence-electron chi connectivity index (χ2n) is 5.03. The molecule has 19 heavy (non-hydrogen) atoms. The van der Waals surface area contributed by atoms with Gasteiger partial charge in [0.2, 0.25) is 11.5 Å². The van der Waals surface area contributed by atoms with E-state index in [9.17, 15) is 14.9 Å². The van der Waals surface area contributed by atoms with Crippen molar-refractivity contribution in [3.63, 3.8) is 0 Å². The third-order valence-electron chi connectivity index (χ3n) is 3.64. The third-order valence-corrected chi connectivity index (χ3v) is 3.64. The smallest absolute Gasteiger partial charge is 0.344 e. The number of carbonyl (C=O) groups is 1. The van der Waals surface area contributed by atoms with E-state index in [-0.39, 0.29) is 29.2 Å². The first kappa shape index (κ1) is 13.5. The molecule has 1 fully saturated rings. The minimum atomic E-state index is -0.613.